The number of nitrogens with zero attached hydrogens (tertiary/aromatic N) is 3. The number of morpholine rings is 1. The smallest absolute Gasteiger partial charge is 0.193 e. The Labute approximate surface area is 183 Å². The van der Waals surface area contributed by atoms with Crippen LogP contribution in [-0.4, -0.2) is 57.8 Å². The molecular weight excluding hydrogens is 471 g/mol. The molecule has 1 aliphatic heterocycles. The molecule has 0 bridgehead atoms. The summed E-state index contributed by atoms with van der Waals surface area (Å²) < 4.78 is 5.48. The summed E-state index contributed by atoms with van der Waals surface area (Å²) in [6.45, 7) is 5.22. The van der Waals surface area contributed by atoms with Gasteiger partial charge in [-0.25, -0.2) is 0 Å². The molecule has 1 N–H and O–H groups in total. The van der Waals surface area contributed by atoms with Gasteiger partial charge in [0, 0.05) is 50.8 Å². The molecule has 148 valence electrons. The Kier molecular flexibility index (Phi) is 9.36. The van der Waals surface area contributed by atoms with Gasteiger partial charge in [0.05, 0.1) is 13.2 Å². The van der Waals surface area contributed by atoms with Gasteiger partial charge in [0.2, 0.25) is 0 Å². The maximum atomic E-state index is 5.48. The molecule has 3 rings (SSSR count). The molecule has 0 aliphatic carbocycles. The molecule has 1 fully saturated rings. The van der Waals surface area contributed by atoms with Crippen molar-refractivity contribution in [2.75, 3.05) is 51.8 Å². The van der Waals surface area contributed by atoms with E-state index >= 15 is 0 Å². The van der Waals surface area contributed by atoms with Crippen LogP contribution >= 0.6 is 35.3 Å². The summed E-state index contributed by atoms with van der Waals surface area (Å²) in [5.74, 6) is 0.929. The number of hydrogen-bond donors (Lipinski definition) is 1. The summed E-state index contributed by atoms with van der Waals surface area (Å²) in [5.41, 5.74) is 2.59. The number of hydrogen-bond acceptors (Lipinski definition) is 4. The summed E-state index contributed by atoms with van der Waals surface area (Å²) in [6, 6.07) is 12.9. The zero-order valence-corrected chi connectivity index (χ0v) is 19.2. The third-order valence-electron chi connectivity index (χ3n) is 4.63. The van der Waals surface area contributed by atoms with Crippen molar-refractivity contribution in [3.63, 3.8) is 0 Å². The van der Waals surface area contributed by atoms with E-state index in [9.17, 15) is 0 Å². The van der Waals surface area contributed by atoms with Crippen molar-refractivity contribution < 1.29 is 4.74 Å². The van der Waals surface area contributed by atoms with E-state index in [1.165, 1.54) is 16.1 Å². The first-order chi connectivity index (χ1) is 12.8. The quantitative estimate of drug-likeness (QED) is 0.375. The summed E-state index contributed by atoms with van der Waals surface area (Å²) in [6.07, 6.45) is 1.04. The van der Waals surface area contributed by atoms with Crippen LogP contribution in [0, 0.1) is 0 Å². The third kappa shape index (κ3) is 6.36. The zero-order chi connectivity index (χ0) is 18.2. The molecule has 0 unspecified atom stereocenters. The van der Waals surface area contributed by atoms with Gasteiger partial charge in [-0.3, -0.25) is 4.99 Å². The number of guanidine groups is 1. The highest BCUT2D eigenvalue weighted by atomic mass is 127. The molecule has 2 heterocycles. The maximum Gasteiger partial charge on any atom is 0.193 e. The van der Waals surface area contributed by atoms with Gasteiger partial charge in [0.15, 0.2) is 5.96 Å². The lowest BCUT2D eigenvalue weighted by Crippen LogP contribution is -2.40. The van der Waals surface area contributed by atoms with Gasteiger partial charge in [-0.15, -0.1) is 35.3 Å². The fraction of sp³-hybridized carbons (Fsp3) is 0.450. The van der Waals surface area contributed by atoms with Crippen LogP contribution in [0.2, 0.25) is 0 Å². The Morgan fingerprint density at radius 2 is 2.00 bits per heavy atom. The molecule has 1 saturated heterocycles. The molecule has 1 aliphatic rings. The molecule has 0 amide bonds. The number of benzene rings is 1. The van der Waals surface area contributed by atoms with E-state index < -0.39 is 0 Å². The van der Waals surface area contributed by atoms with Gasteiger partial charge in [0.25, 0.3) is 0 Å². The molecular formula is C20H29IN4OS. The van der Waals surface area contributed by atoms with Crippen molar-refractivity contribution in [1.29, 1.82) is 0 Å². The largest absolute Gasteiger partial charge is 0.378 e. The van der Waals surface area contributed by atoms with Crippen molar-refractivity contribution in [3.8, 4) is 0 Å². The number of aliphatic imine (C=N–C) groups is 1. The first kappa shape index (κ1) is 22.0. The number of rotatable bonds is 6. The Hall–Kier alpha value is -1.32. The van der Waals surface area contributed by atoms with E-state index in [-0.39, 0.29) is 24.0 Å². The minimum Gasteiger partial charge on any atom is -0.378 e. The normalized spacial score (nSPS) is 14.6. The standard InChI is InChI=1S/C20H28N4OS.HI/c1-21-20(23(2)10-9-18-7-5-15-26-18)22-16-17-6-3-4-8-19(17)24-11-13-25-14-12-24;/h3-8,15H,9-14,16H2,1-2H3,(H,21,22);1H. The lowest BCUT2D eigenvalue weighted by atomic mass is 10.1. The zero-order valence-electron chi connectivity index (χ0n) is 16.1. The number of halogens is 1. The van der Waals surface area contributed by atoms with Crippen LogP contribution in [-0.2, 0) is 17.7 Å². The fourth-order valence-electron chi connectivity index (χ4n) is 3.17. The van der Waals surface area contributed by atoms with Gasteiger partial charge in [-0.2, -0.15) is 0 Å². The second-order valence-corrected chi connectivity index (χ2v) is 7.41. The van der Waals surface area contributed by atoms with E-state index in [2.05, 4.69) is 68.9 Å². The highest BCUT2D eigenvalue weighted by molar-refractivity contribution is 14.0. The number of nitrogens with one attached hydrogen (secondary N) is 1. The molecule has 0 spiro atoms. The Morgan fingerprint density at radius 1 is 1.22 bits per heavy atom. The fourth-order valence-corrected chi connectivity index (χ4v) is 3.87. The summed E-state index contributed by atoms with van der Waals surface area (Å²) >= 11 is 1.81. The third-order valence-corrected chi connectivity index (χ3v) is 5.56. The molecule has 0 atom stereocenters. The van der Waals surface area contributed by atoms with Crippen LogP contribution in [0.1, 0.15) is 10.4 Å². The van der Waals surface area contributed by atoms with Crippen LogP contribution in [0.3, 0.4) is 0 Å². The van der Waals surface area contributed by atoms with E-state index in [1.807, 2.05) is 18.4 Å². The number of thiophene rings is 1. The summed E-state index contributed by atoms with van der Waals surface area (Å²) in [7, 11) is 3.94. The Morgan fingerprint density at radius 3 is 2.70 bits per heavy atom. The molecule has 5 nitrogen and oxygen atoms in total. The lowest BCUT2D eigenvalue weighted by molar-refractivity contribution is 0.122. The molecule has 0 radical (unpaired) electrons. The second kappa shape index (κ2) is 11.5. The van der Waals surface area contributed by atoms with E-state index in [4.69, 9.17) is 4.74 Å². The van der Waals surface area contributed by atoms with Crippen LogP contribution in [0.5, 0.6) is 0 Å². The van der Waals surface area contributed by atoms with Gasteiger partial charge >= 0.3 is 0 Å². The number of para-hydroxylation sites is 1. The maximum absolute atomic E-state index is 5.48. The van der Waals surface area contributed by atoms with E-state index in [0.29, 0.717) is 0 Å². The number of anilines is 1. The van der Waals surface area contributed by atoms with Crippen LogP contribution in [0.15, 0.2) is 46.8 Å². The minimum absolute atomic E-state index is 0. The van der Waals surface area contributed by atoms with Crippen LogP contribution in [0.4, 0.5) is 5.69 Å². The van der Waals surface area contributed by atoms with Gasteiger partial charge in [0.1, 0.15) is 0 Å². The van der Waals surface area contributed by atoms with E-state index in [1.54, 1.807) is 0 Å². The second-order valence-electron chi connectivity index (χ2n) is 6.38. The first-order valence-electron chi connectivity index (χ1n) is 9.12. The van der Waals surface area contributed by atoms with Crippen molar-refractivity contribution in [2.45, 2.75) is 13.0 Å². The molecule has 2 aromatic rings. The number of likely N-dealkylation sites (N-methyl/N-ethyl adjacent to an activating group) is 1. The molecule has 0 saturated carbocycles. The van der Waals surface area contributed by atoms with Gasteiger partial charge < -0.3 is 19.9 Å². The van der Waals surface area contributed by atoms with Crippen LogP contribution in [0.25, 0.3) is 0 Å². The Balaban J connectivity index is 0.00000261. The molecule has 1 aromatic heterocycles. The van der Waals surface area contributed by atoms with Crippen molar-refractivity contribution in [3.05, 3.63) is 52.2 Å². The predicted molar refractivity (Wildman–Crippen MR) is 126 cm³/mol. The van der Waals surface area contributed by atoms with Crippen molar-refractivity contribution in [1.82, 2.24) is 10.2 Å². The highest BCUT2D eigenvalue weighted by Crippen LogP contribution is 2.21. The summed E-state index contributed by atoms with van der Waals surface area (Å²) in [5, 5.41) is 5.65. The highest BCUT2D eigenvalue weighted by Gasteiger charge is 2.15. The van der Waals surface area contributed by atoms with Gasteiger partial charge in [-0.05, 0) is 29.5 Å². The lowest BCUT2D eigenvalue weighted by Gasteiger charge is -2.31. The summed E-state index contributed by atoms with van der Waals surface area (Å²) in [4.78, 5) is 10.5. The molecule has 7 heteroatoms. The number of ether oxygens (including phenoxy) is 1. The van der Waals surface area contributed by atoms with Crippen LogP contribution < -0.4 is 10.2 Å². The Bertz CT molecular complexity index is 702. The first-order valence-corrected chi connectivity index (χ1v) is 10.0. The average Bonchev–Trinajstić information content (AvgIpc) is 3.21. The molecule has 27 heavy (non-hydrogen) atoms. The van der Waals surface area contributed by atoms with Crippen molar-refractivity contribution >= 4 is 47.0 Å². The molecule has 1 aromatic carbocycles. The SMILES string of the molecule is CN=C(NCc1ccccc1N1CCOCC1)N(C)CCc1cccs1.I. The monoisotopic (exact) mass is 500 g/mol. The van der Waals surface area contributed by atoms with Gasteiger partial charge in [-0.1, -0.05) is 24.3 Å². The topological polar surface area (TPSA) is 40.1 Å². The van der Waals surface area contributed by atoms with Crippen molar-refractivity contribution in [2.24, 2.45) is 4.99 Å². The predicted octanol–water partition coefficient (Wildman–Crippen LogP) is 3.45. The van der Waals surface area contributed by atoms with E-state index in [0.717, 1.165) is 51.8 Å². The average molecular weight is 500 g/mol. The minimum atomic E-state index is 0.